The van der Waals surface area contributed by atoms with Gasteiger partial charge in [0.05, 0.1) is 39.6 Å². The summed E-state index contributed by atoms with van der Waals surface area (Å²) in [5.74, 6) is 0.671. The van der Waals surface area contributed by atoms with Gasteiger partial charge in [0.15, 0.2) is 0 Å². The molecule has 1 N–H and O–H groups in total. The molecule has 4 nitrogen and oxygen atoms in total. The molecule has 6 aromatic carbocycles. The topological polar surface area (TPSA) is 38.5 Å². The average molecular weight is 709 g/mol. The number of H-pyrrole nitrogens is 1. The Balaban J connectivity index is 1.20. The minimum atomic E-state index is 0.334. The Hall–Kier alpha value is -6.65. The zero-order valence-corrected chi connectivity index (χ0v) is 31.4. The van der Waals surface area contributed by atoms with Gasteiger partial charge in [-0.15, -0.1) is 0 Å². The number of pyridine rings is 1. The van der Waals surface area contributed by atoms with Gasteiger partial charge in [0.2, 0.25) is 0 Å². The van der Waals surface area contributed by atoms with Crippen molar-refractivity contribution in [2.75, 3.05) is 0 Å². The molecule has 4 heterocycles. The third-order valence-corrected chi connectivity index (χ3v) is 12.6. The summed E-state index contributed by atoms with van der Waals surface area (Å²) in [4.78, 5) is 7.90. The van der Waals surface area contributed by atoms with Crippen LogP contribution in [0.15, 0.2) is 152 Å². The highest BCUT2D eigenvalue weighted by Gasteiger charge is 2.31. The minimum Gasteiger partial charge on any atom is -0.366 e. The Bertz CT molecular complexity index is 3140. The highest BCUT2D eigenvalue weighted by molar-refractivity contribution is 6.14. The lowest BCUT2D eigenvalue weighted by atomic mass is 9.72. The van der Waals surface area contributed by atoms with E-state index in [1.807, 2.05) is 24.7 Å². The van der Waals surface area contributed by atoms with E-state index in [1.165, 1.54) is 99.2 Å². The fourth-order valence-corrected chi connectivity index (χ4v) is 9.55. The quantitative estimate of drug-likeness (QED) is 0.194. The Morgan fingerprint density at radius 3 is 1.51 bits per heavy atom. The summed E-state index contributed by atoms with van der Waals surface area (Å²) in [5.41, 5.74) is 20.1. The zero-order valence-electron chi connectivity index (χ0n) is 31.4. The number of hydrogen-bond donors (Lipinski definition) is 1. The zero-order chi connectivity index (χ0) is 36.9. The van der Waals surface area contributed by atoms with Gasteiger partial charge in [-0.25, -0.2) is 0 Å². The molecule has 0 aliphatic heterocycles. The summed E-state index contributed by atoms with van der Waals surface area (Å²) in [5, 5.41) is 5.12. The highest BCUT2D eigenvalue weighted by Crippen LogP contribution is 2.51. The normalized spacial score (nSPS) is 15.3. The number of rotatable bonds is 4. The summed E-state index contributed by atoms with van der Waals surface area (Å²) in [6.07, 6.45) is 7.96. The smallest absolute Gasteiger partial charge is 0.0645 e. The first-order valence-corrected chi connectivity index (χ1v) is 19.3. The molecular formula is C51H40N4. The molecule has 1 aliphatic carbocycles. The van der Waals surface area contributed by atoms with Crippen LogP contribution in [0.2, 0.25) is 0 Å². The van der Waals surface area contributed by atoms with Crippen molar-refractivity contribution in [3.8, 4) is 44.8 Å². The van der Waals surface area contributed by atoms with Crippen molar-refractivity contribution in [2.45, 2.75) is 39.5 Å². The molecule has 0 bridgehead atoms. The van der Waals surface area contributed by atoms with Crippen LogP contribution >= 0.6 is 0 Å². The van der Waals surface area contributed by atoms with Gasteiger partial charge in [-0.3, -0.25) is 4.98 Å². The maximum atomic E-state index is 4.57. The molecule has 0 saturated heterocycles. The maximum Gasteiger partial charge on any atom is 0.0645 e. The predicted molar refractivity (Wildman–Crippen MR) is 230 cm³/mol. The van der Waals surface area contributed by atoms with Gasteiger partial charge in [-0.1, -0.05) is 74.5 Å². The van der Waals surface area contributed by atoms with E-state index in [0.717, 1.165) is 11.4 Å². The van der Waals surface area contributed by atoms with Crippen molar-refractivity contribution >= 4 is 43.6 Å². The van der Waals surface area contributed by atoms with Crippen molar-refractivity contribution in [1.82, 2.24) is 19.1 Å². The number of hydrogen-bond acceptors (Lipinski definition) is 1. The summed E-state index contributed by atoms with van der Waals surface area (Å²) >= 11 is 0. The molecule has 0 fully saturated rings. The van der Waals surface area contributed by atoms with E-state index in [4.69, 9.17) is 0 Å². The molecule has 11 rings (SSSR count). The van der Waals surface area contributed by atoms with Crippen molar-refractivity contribution < 1.29 is 0 Å². The molecule has 0 saturated carbocycles. The van der Waals surface area contributed by atoms with Crippen molar-refractivity contribution in [3.05, 3.63) is 174 Å². The van der Waals surface area contributed by atoms with Gasteiger partial charge < -0.3 is 14.1 Å². The van der Waals surface area contributed by atoms with Gasteiger partial charge in [0, 0.05) is 40.1 Å². The van der Waals surface area contributed by atoms with E-state index in [1.54, 1.807) is 0 Å². The largest absolute Gasteiger partial charge is 0.366 e. The van der Waals surface area contributed by atoms with Crippen molar-refractivity contribution in [3.63, 3.8) is 0 Å². The van der Waals surface area contributed by atoms with Crippen LogP contribution in [0.5, 0.6) is 0 Å². The first kappa shape index (κ1) is 31.8. The highest BCUT2D eigenvalue weighted by atomic mass is 15.0. The lowest BCUT2D eigenvalue weighted by Gasteiger charge is -2.32. The van der Waals surface area contributed by atoms with Gasteiger partial charge >= 0.3 is 0 Å². The Labute approximate surface area is 320 Å². The standard InChI is InChI=1S/C51H40N4/c1-30-10-5-7-13-38(30)34-15-17-48-44(22-34)46-24-40-32(3)33(4)41-25-47-45-23-35(39-14-8-6-11-31(39)2)16-18-49(45)55(37-19-21-53-29-37)51(47)27-43(41)42(40)26-50(46)54(48)36-12-9-20-52-28-36/h5-29,32-33,53H,1-4H3. The molecule has 0 amide bonds. The van der Waals surface area contributed by atoms with Gasteiger partial charge in [0.25, 0.3) is 0 Å². The monoisotopic (exact) mass is 708 g/mol. The number of fused-ring (bicyclic) bond motifs is 9. The van der Waals surface area contributed by atoms with Crippen LogP contribution in [0.3, 0.4) is 0 Å². The molecule has 2 unspecified atom stereocenters. The molecule has 1 aliphatic rings. The SMILES string of the molecule is Cc1ccccc1-c1ccc2c(c1)c1cc3c(cc1n2-c1cccnc1)-c1cc2c(cc1C(C)C3C)c1cc(-c3ccccc3C)ccc1n2-c1cc[nH]c1. The number of aromatic amines is 1. The summed E-state index contributed by atoms with van der Waals surface area (Å²) in [6.45, 7) is 9.24. The summed E-state index contributed by atoms with van der Waals surface area (Å²) < 4.78 is 4.84. The molecular weight excluding hydrogens is 669 g/mol. The Kier molecular flexibility index (Phi) is 6.90. The van der Waals surface area contributed by atoms with E-state index in [9.17, 15) is 0 Å². The fourth-order valence-electron chi connectivity index (χ4n) is 9.55. The van der Waals surface area contributed by atoms with E-state index in [-0.39, 0.29) is 0 Å². The molecule has 4 aromatic heterocycles. The molecule has 55 heavy (non-hydrogen) atoms. The minimum absolute atomic E-state index is 0.334. The van der Waals surface area contributed by atoms with Gasteiger partial charge in [-0.2, -0.15) is 0 Å². The van der Waals surface area contributed by atoms with E-state index in [2.05, 4.69) is 174 Å². The Morgan fingerprint density at radius 2 is 1.02 bits per heavy atom. The van der Waals surface area contributed by atoms with Crippen LogP contribution in [0.1, 0.15) is 47.9 Å². The number of nitrogens with zero attached hydrogens (tertiary/aromatic N) is 3. The molecule has 10 aromatic rings. The van der Waals surface area contributed by atoms with E-state index >= 15 is 0 Å². The third kappa shape index (κ3) is 4.67. The first-order valence-electron chi connectivity index (χ1n) is 19.3. The fraction of sp³-hybridized carbons (Fsp3) is 0.118. The van der Waals surface area contributed by atoms with E-state index < -0.39 is 0 Å². The Morgan fingerprint density at radius 1 is 0.491 bits per heavy atom. The predicted octanol–water partition coefficient (Wildman–Crippen LogP) is 13.4. The van der Waals surface area contributed by atoms with E-state index in [0.29, 0.717) is 11.8 Å². The number of benzene rings is 6. The lowest BCUT2D eigenvalue weighted by Crippen LogP contribution is -2.13. The van der Waals surface area contributed by atoms with Crippen LogP contribution in [0.4, 0.5) is 0 Å². The van der Waals surface area contributed by atoms with Crippen molar-refractivity contribution in [1.29, 1.82) is 0 Å². The summed E-state index contributed by atoms with van der Waals surface area (Å²) in [6, 6.07) is 47.7. The van der Waals surface area contributed by atoms with Crippen LogP contribution in [-0.4, -0.2) is 19.1 Å². The lowest BCUT2D eigenvalue weighted by molar-refractivity contribution is 0.617. The number of aryl methyl sites for hydroxylation is 2. The van der Waals surface area contributed by atoms with Crippen LogP contribution in [-0.2, 0) is 0 Å². The number of nitrogens with one attached hydrogen (secondary N) is 1. The summed E-state index contributed by atoms with van der Waals surface area (Å²) in [7, 11) is 0. The first-order chi connectivity index (χ1) is 26.9. The van der Waals surface area contributed by atoms with Crippen molar-refractivity contribution in [2.24, 2.45) is 0 Å². The average Bonchev–Trinajstić information content (AvgIpc) is 3.94. The molecule has 0 spiro atoms. The van der Waals surface area contributed by atoms with Crippen LogP contribution in [0, 0.1) is 13.8 Å². The molecule has 264 valence electrons. The van der Waals surface area contributed by atoms with Gasteiger partial charge in [-0.05, 0) is 148 Å². The molecule has 0 radical (unpaired) electrons. The molecule has 4 heteroatoms. The van der Waals surface area contributed by atoms with Crippen LogP contribution in [0.25, 0.3) is 88.4 Å². The maximum absolute atomic E-state index is 4.57. The van der Waals surface area contributed by atoms with Gasteiger partial charge in [0.1, 0.15) is 0 Å². The van der Waals surface area contributed by atoms with Crippen LogP contribution < -0.4 is 0 Å². The number of aromatic nitrogens is 4. The molecule has 2 atom stereocenters. The second-order valence-electron chi connectivity index (χ2n) is 15.5. The second kappa shape index (κ2) is 11.9. The third-order valence-electron chi connectivity index (χ3n) is 12.6. The second-order valence-corrected chi connectivity index (χ2v) is 15.5.